The first-order valence-electron chi connectivity index (χ1n) is 8.43. The van der Waals surface area contributed by atoms with Gasteiger partial charge in [0.1, 0.15) is 0 Å². The molecule has 2 saturated heterocycles. The van der Waals surface area contributed by atoms with Crippen LogP contribution in [-0.4, -0.2) is 43.2 Å². The summed E-state index contributed by atoms with van der Waals surface area (Å²) in [5, 5.41) is 3.88. The van der Waals surface area contributed by atoms with Gasteiger partial charge in [0.05, 0.1) is 0 Å². The summed E-state index contributed by atoms with van der Waals surface area (Å²) in [6.07, 6.45) is 11.2. The van der Waals surface area contributed by atoms with E-state index in [2.05, 4.69) is 17.3 Å². The zero-order valence-corrected chi connectivity index (χ0v) is 12.5. The Balaban J connectivity index is 1.47. The van der Waals surface area contributed by atoms with Gasteiger partial charge in [0.15, 0.2) is 0 Å². The molecule has 4 atom stereocenters. The number of nitrogens with zero attached hydrogens (tertiary/aromatic N) is 1. The average Bonchev–Trinajstić information content (AvgIpc) is 2.67. The van der Waals surface area contributed by atoms with Gasteiger partial charge in [-0.25, -0.2) is 0 Å². The van der Waals surface area contributed by atoms with Gasteiger partial charge in [-0.05, 0) is 70.5 Å². The molecule has 0 amide bonds. The summed E-state index contributed by atoms with van der Waals surface area (Å²) in [7, 11) is 2.33. The summed E-state index contributed by atoms with van der Waals surface area (Å²) in [6, 6.07) is 2.46. The van der Waals surface area contributed by atoms with Crippen molar-refractivity contribution >= 4 is 0 Å². The number of hydrogen-bond acceptors (Lipinski definition) is 3. The van der Waals surface area contributed by atoms with Crippen LogP contribution in [0.1, 0.15) is 51.4 Å². The first-order chi connectivity index (χ1) is 9.28. The van der Waals surface area contributed by atoms with Gasteiger partial charge >= 0.3 is 0 Å². The number of hydrogen-bond donors (Lipinski definition) is 2. The zero-order valence-electron chi connectivity index (χ0n) is 12.5. The fraction of sp³-hybridized carbons (Fsp3) is 1.00. The normalized spacial score (nSPS) is 43.6. The molecule has 3 N–H and O–H groups in total. The van der Waals surface area contributed by atoms with Crippen LogP contribution in [0.5, 0.6) is 0 Å². The van der Waals surface area contributed by atoms with Crippen LogP contribution in [-0.2, 0) is 0 Å². The smallest absolute Gasteiger partial charge is 0.0107 e. The molecule has 3 heteroatoms. The lowest BCUT2D eigenvalue weighted by atomic mass is 9.83. The fourth-order valence-corrected chi connectivity index (χ4v) is 4.77. The maximum atomic E-state index is 5.93. The summed E-state index contributed by atoms with van der Waals surface area (Å²) in [4.78, 5) is 2.64. The molecule has 0 radical (unpaired) electrons. The number of piperidine rings is 1. The molecular formula is C16H31N3. The molecule has 4 unspecified atom stereocenters. The number of fused-ring (bicyclic) bond motifs is 2. The van der Waals surface area contributed by atoms with Crippen molar-refractivity contribution in [1.82, 2.24) is 10.2 Å². The predicted octanol–water partition coefficient (Wildman–Crippen LogP) is 1.97. The maximum Gasteiger partial charge on any atom is 0.0107 e. The van der Waals surface area contributed by atoms with Gasteiger partial charge in [-0.3, -0.25) is 0 Å². The Morgan fingerprint density at radius 3 is 2.42 bits per heavy atom. The molecule has 0 aromatic carbocycles. The Morgan fingerprint density at radius 1 is 1.05 bits per heavy atom. The summed E-state index contributed by atoms with van der Waals surface area (Å²) in [5.41, 5.74) is 5.93. The Morgan fingerprint density at radius 2 is 1.74 bits per heavy atom. The second-order valence-electron chi connectivity index (χ2n) is 7.18. The maximum absolute atomic E-state index is 5.93. The second kappa shape index (κ2) is 6.11. The van der Waals surface area contributed by atoms with E-state index in [0.29, 0.717) is 6.04 Å². The number of nitrogens with two attached hydrogens (primary N) is 1. The number of rotatable bonds is 4. The van der Waals surface area contributed by atoms with Crippen molar-refractivity contribution in [2.45, 2.75) is 69.5 Å². The minimum absolute atomic E-state index is 0.705. The van der Waals surface area contributed by atoms with Crippen molar-refractivity contribution in [3.05, 3.63) is 0 Å². The van der Waals surface area contributed by atoms with Gasteiger partial charge in [0.25, 0.3) is 0 Å². The van der Waals surface area contributed by atoms with E-state index in [1.165, 1.54) is 57.9 Å². The Kier molecular flexibility index (Phi) is 4.45. The highest BCUT2D eigenvalue weighted by Gasteiger charge is 2.38. The van der Waals surface area contributed by atoms with Crippen LogP contribution in [0, 0.1) is 11.8 Å². The average molecular weight is 265 g/mol. The molecule has 0 aromatic heterocycles. The Labute approximate surface area is 118 Å². The lowest BCUT2D eigenvalue weighted by Crippen LogP contribution is -2.47. The van der Waals surface area contributed by atoms with Crippen LogP contribution in [0.2, 0.25) is 0 Å². The van der Waals surface area contributed by atoms with E-state index >= 15 is 0 Å². The molecule has 3 nitrogen and oxygen atoms in total. The van der Waals surface area contributed by atoms with E-state index in [1.54, 1.807) is 0 Å². The van der Waals surface area contributed by atoms with Gasteiger partial charge in [0.2, 0.25) is 0 Å². The monoisotopic (exact) mass is 265 g/mol. The molecule has 3 rings (SSSR count). The molecule has 1 saturated carbocycles. The third kappa shape index (κ3) is 2.98. The van der Waals surface area contributed by atoms with Crippen LogP contribution in [0.4, 0.5) is 0 Å². The van der Waals surface area contributed by atoms with Crippen molar-refractivity contribution in [2.24, 2.45) is 17.6 Å². The topological polar surface area (TPSA) is 41.3 Å². The molecule has 2 aliphatic heterocycles. The zero-order chi connectivity index (χ0) is 13.2. The summed E-state index contributed by atoms with van der Waals surface area (Å²) >= 11 is 0. The summed E-state index contributed by atoms with van der Waals surface area (Å²) < 4.78 is 0. The van der Waals surface area contributed by atoms with E-state index < -0.39 is 0 Å². The molecular weight excluding hydrogens is 234 g/mol. The van der Waals surface area contributed by atoms with Crippen LogP contribution in [0.15, 0.2) is 0 Å². The first-order valence-corrected chi connectivity index (χ1v) is 8.43. The molecule has 19 heavy (non-hydrogen) atoms. The van der Waals surface area contributed by atoms with E-state index in [-0.39, 0.29) is 0 Å². The highest BCUT2D eigenvalue weighted by atomic mass is 15.2. The molecule has 110 valence electrons. The highest BCUT2D eigenvalue weighted by molar-refractivity contribution is 4.94. The largest absolute Gasteiger partial charge is 0.330 e. The predicted molar refractivity (Wildman–Crippen MR) is 80.1 cm³/mol. The van der Waals surface area contributed by atoms with Gasteiger partial charge in [-0.2, -0.15) is 0 Å². The van der Waals surface area contributed by atoms with Crippen LogP contribution >= 0.6 is 0 Å². The molecule has 0 spiro atoms. The highest BCUT2D eigenvalue weighted by Crippen LogP contribution is 2.37. The lowest BCUT2D eigenvalue weighted by Gasteiger charge is -2.38. The molecule has 3 aliphatic rings. The quantitative estimate of drug-likeness (QED) is 0.816. The summed E-state index contributed by atoms with van der Waals surface area (Å²) in [6.45, 7) is 2.11. The summed E-state index contributed by atoms with van der Waals surface area (Å²) in [5.74, 6) is 1.64. The molecule has 2 bridgehead atoms. The van der Waals surface area contributed by atoms with Crippen molar-refractivity contribution in [3.8, 4) is 0 Å². The SMILES string of the molecule is CN1C2CCC1CC(CNC1CCCCC1CN)C2. The van der Waals surface area contributed by atoms with Gasteiger partial charge in [-0.1, -0.05) is 12.8 Å². The standard InChI is InChI=1S/C16H31N3/c1-19-14-6-7-15(19)9-12(8-14)11-18-16-5-3-2-4-13(16)10-17/h12-16,18H,2-11,17H2,1H3. The second-order valence-corrected chi connectivity index (χ2v) is 7.18. The van der Waals surface area contributed by atoms with Crippen LogP contribution in [0.25, 0.3) is 0 Å². The Hall–Kier alpha value is -0.120. The van der Waals surface area contributed by atoms with Crippen molar-refractivity contribution in [2.75, 3.05) is 20.1 Å². The van der Waals surface area contributed by atoms with E-state index in [1.807, 2.05) is 0 Å². The number of nitrogens with one attached hydrogen (secondary N) is 1. The molecule has 3 fully saturated rings. The van der Waals surface area contributed by atoms with E-state index in [0.717, 1.165) is 30.5 Å². The molecule has 0 aromatic rings. The Bertz CT molecular complexity index is 280. The third-order valence-electron chi connectivity index (χ3n) is 6.08. The van der Waals surface area contributed by atoms with E-state index in [4.69, 9.17) is 5.73 Å². The first kappa shape index (κ1) is 13.8. The minimum atomic E-state index is 0.705. The van der Waals surface area contributed by atoms with Crippen molar-refractivity contribution in [3.63, 3.8) is 0 Å². The fourth-order valence-electron chi connectivity index (χ4n) is 4.77. The van der Waals surface area contributed by atoms with E-state index in [9.17, 15) is 0 Å². The van der Waals surface area contributed by atoms with Gasteiger partial charge in [-0.15, -0.1) is 0 Å². The van der Waals surface area contributed by atoms with Gasteiger partial charge in [0, 0.05) is 18.1 Å². The molecule has 1 aliphatic carbocycles. The van der Waals surface area contributed by atoms with Crippen molar-refractivity contribution in [1.29, 1.82) is 0 Å². The third-order valence-corrected chi connectivity index (χ3v) is 6.08. The molecule has 2 heterocycles. The minimum Gasteiger partial charge on any atom is -0.330 e. The van der Waals surface area contributed by atoms with Crippen LogP contribution in [0.3, 0.4) is 0 Å². The lowest BCUT2D eigenvalue weighted by molar-refractivity contribution is 0.127. The van der Waals surface area contributed by atoms with Crippen molar-refractivity contribution < 1.29 is 0 Å². The van der Waals surface area contributed by atoms with Crippen LogP contribution < -0.4 is 11.1 Å². The van der Waals surface area contributed by atoms with Gasteiger partial charge < -0.3 is 16.0 Å².